The summed E-state index contributed by atoms with van der Waals surface area (Å²) in [4.78, 5) is 2.24. The zero-order chi connectivity index (χ0) is 11.6. The number of nitrogens with two attached hydrogens (primary N) is 1. The van der Waals surface area contributed by atoms with Gasteiger partial charge in [-0.05, 0) is 13.8 Å². The van der Waals surface area contributed by atoms with Crippen LogP contribution in [0.3, 0.4) is 0 Å². The van der Waals surface area contributed by atoms with Crippen molar-refractivity contribution in [2.24, 2.45) is 5.73 Å². The second kappa shape index (κ2) is 4.78. The fourth-order valence-corrected chi connectivity index (χ4v) is 2.60. The summed E-state index contributed by atoms with van der Waals surface area (Å²) in [6.45, 7) is 6.77. The molecule has 5 nitrogen and oxygen atoms in total. The predicted molar refractivity (Wildman–Crippen MR) is 61.1 cm³/mol. The Kier molecular flexibility index (Phi) is 4.11. The van der Waals surface area contributed by atoms with E-state index in [0.29, 0.717) is 19.1 Å². The van der Waals surface area contributed by atoms with Crippen molar-refractivity contribution in [2.45, 2.75) is 25.9 Å². The number of hydrogen-bond acceptors (Lipinski definition) is 4. The van der Waals surface area contributed by atoms with Crippen LogP contribution in [-0.4, -0.2) is 62.1 Å². The lowest BCUT2D eigenvalue weighted by Crippen LogP contribution is -2.54. The van der Waals surface area contributed by atoms with E-state index in [1.807, 2.05) is 6.92 Å². The van der Waals surface area contributed by atoms with Gasteiger partial charge in [-0.3, -0.25) is 4.90 Å². The van der Waals surface area contributed by atoms with Crippen LogP contribution in [0.2, 0.25) is 0 Å². The molecule has 2 unspecified atom stereocenters. The van der Waals surface area contributed by atoms with Gasteiger partial charge >= 0.3 is 0 Å². The molecule has 0 amide bonds. The molecule has 0 aromatic heterocycles. The molecule has 6 heteroatoms. The topological polar surface area (TPSA) is 66.6 Å². The van der Waals surface area contributed by atoms with Gasteiger partial charge in [0, 0.05) is 38.3 Å². The van der Waals surface area contributed by atoms with E-state index < -0.39 is 10.0 Å². The van der Waals surface area contributed by atoms with Crippen molar-refractivity contribution in [2.75, 3.05) is 32.4 Å². The largest absolute Gasteiger partial charge is 0.327 e. The van der Waals surface area contributed by atoms with Crippen LogP contribution in [0.1, 0.15) is 13.8 Å². The second-order valence-corrected chi connectivity index (χ2v) is 6.28. The molecule has 1 aliphatic heterocycles. The third kappa shape index (κ3) is 3.41. The Hall–Kier alpha value is -0.170. The van der Waals surface area contributed by atoms with Gasteiger partial charge in [-0.25, -0.2) is 8.42 Å². The van der Waals surface area contributed by atoms with Crippen molar-refractivity contribution in [1.29, 1.82) is 0 Å². The Morgan fingerprint density at radius 2 is 1.60 bits per heavy atom. The van der Waals surface area contributed by atoms with Gasteiger partial charge in [0.25, 0.3) is 0 Å². The molecule has 1 rings (SSSR count). The van der Waals surface area contributed by atoms with E-state index in [2.05, 4.69) is 11.8 Å². The third-order valence-electron chi connectivity index (χ3n) is 3.08. The lowest BCUT2D eigenvalue weighted by atomic mass is 10.1. The summed E-state index contributed by atoms with van der Waals surface area (Å²) in [5, 5.41) is 0. The number of piperazine rings is 1. The van der Waals surface area contributed by atoms with Crippen LogP contribution in [0.5, 0.6) is 0 Å². The molecule has 0 radical (unpaired) electrons. The fraction of sp³-hybridized carbons (Fsp3) is 1.00. The SMILES string of the molecule is CC(N)C(C)N1CCN(S(C)(=O)=O)CC1. The van der Waals surface area contributed by atoms with Crippen molar-refractivity contribution in [1.82, 2.24) is 9.21 Å². The number of nitrogens with zero attached hydrogens (tertiary/aromatic N) is 2. The molecule has 15 heavy (non-hydrogen) atoms. The third-order valence-corrected chi connectivity index (χ3v) is 4.38. The minimum absolute atomic E-state index is 0.120. The van der Waals surface area contributed by atoms with Crippen LogP contribution < -0.4 is 5.73 Å². The average molecular weight is 235 g/mol. The Balaban J connectivity index is 2.50. The highest BCUT2D eigenvalue weighted by Crippen LogP contribution is 2.10. The summed E-state index contributed by atoms with van der Waals surface area (Å²) < 4.78 is 24.1. The summed E-state index contributed by atoms with van der Waals surface area (Å²) in [5.41, 5.74) is 5.81. The molecular weight excluding hydrogens is 214 g/mol. The predicted octanol–water partition coefficient (Wildman–Crippen LogP) is -0.701. The summed E-state index contributed by atoms with van der Waals surface area (Å²) in [7, 11) is -3.02. The standard InChI is InChI=1S/C9H21N3O2S/c1-8(10)9(2)11-4-6-12(7-5-11)15(3,13)14/h8-9H,4-7,10H2,1-3H3. The Morgan fingerprint density at radius 3 is 1.93 bits per heavy atom. The van der Waals surface area contributed by atoms with Crippen molar-refractivity contribution in [3.63, 3.8) is 0 Å². The van der Waals surface area contributed by atoms with E-state index in [9.17, 15) is 8.42 Å². The maximum absolute atomic E-state index is 11.3. The summed E-state index contributed by atoms with van der Waals surface area (Å²) >= 11 is 0. The molecule has 0 bridgehead atoms. The van der Waals surface area contributed by atoms with Gasteiger partial charge in [0.05, 0.1) is 6.26 Å². The van der Waals surface area contributed by atoms with Crippen LogP contribution in [-0.2, 0) is 10.0 Å². The Bertz CT molecular complexity index is 294. The summed E-state index contributed by atoms with van der Waals surface area (Å²) in [5.74, 6) is 0. The molecular formula is C9H21N3O2S. The van der Waals surface area contributed by atoms with E-state index in [1.165, 1.54) is 10.6 Å². The zero-order valence-electron chi connectivity index (χ0n) is 9.68. The summed E-state index contributed by atoms with van der Waals surface area (Å²) in [6, 6.07) is 0.432. The Morgan fingerprint density at radius 1 is 1.13 bits per heavy atom. The number of hydrogen-bond donors (Lipinski definition) is 1. The highest BCUT2D eigenvalue weighted by Gasteiger charge is 2.26. The molecule has 1 saturated heterocycles. The molecule has 0 spiro atoms. The molecule has 2 N–H and O–H groups in total. The van der Waals surface area contributed by atoms with E-state index >= 15 is 0 Å². The van der Waals surface area contributed by atoms with Gasteiger partial charge in [-0.15, -0.1) is 0 Å². The quantitative estimate of drug-likeness (QED) is 0.702. The van der Waals surface area contributed by atoms with Gasteiger partial charge in [0.15, 0.2) is 0 Å². The fourth-order valence-electron chi connectivity index (χ4n) is 1.78. The molecule has 1 aliphatic rings. The number of sulfonamides is 1. The maximum atomic E-state index is 11.3. The first-order valence-corrected chi connectivity index (χ1v) is 7.12. The zero-order valence-corrected chi connectivity index (χ0v) is 10.5. The lowest BCUT2D eigenvalue weighted by Gasteiger charge is -2.38. The van der Waals surface area contributed by atoms with Crippen LogP contribution in [0, 0.1) is 0 Å². The first kappa shape index (κ1) is 12.9. The highest BCUT2D eigenvalue weighted by atomic mass is 32.2. The van der Waals surface area contributed by atoms with Crippen molar-refractivity contribution >= 4 is 10.0 Å². The Labute approximate surface area is 92.3 Å². The van der Waals surface area contributed by atoms with E-state index in [-0.39, 0.29) is 6.04 Å². The van der Waals surface area contributed by atoms with Gasteiger partial charge in [0.2, 0.25) is 10.0 Å². The van der Waals surface area contributed by atoms with Crippen molar-refractivity contribution in [3.05, 3.63) is 0 Å². The van der Waals surface area contributed by atoms with Gasteiger partial charge in [-0.1, -0.05) is 0 Å². The molecule has 0 saturated carbocycles. The molecule has 1 heterocycles. The molecule has 90 valence electrons. The lowest BCUT2D eigenvalue weighted by molar-refractivity contribution is 0.133. The number of rotatable bonds is 3. The van der Waals surface area contributed by atoms with Crippen LogP contribution in [0.4, 0.5) is 0 Å². The molecule has 0 aliphatic carbocycles. The second-order valence-electron chi connectivity index (χ2n) is 4.30. The van der Waals surface area contributed by atoms with Crippen LogP contribution >= 0.6 is 0 Å². The monoisotopic (exact) mass is 235 g/mol. The van der Waals surface area contributed by atoms with E-state index in [1.54, 1.807) is 0 Å². The smallest absolute Gasteiger partial charge is 0.211 e. The average Bonchev–Trinajstić information content (AvgIpc) is 2.15. The molecule has 2 atom stereocenters. The van der Waals surface area contributed by atoms with Crippen LogP contribution in [0.15, 0.2) is 0 Å². The minimum atomic E-state index is -3.02. The van der Waals surface area contributed by atoms with Gasteiger partial charge in [0.1, 0.15) is 0 Å². The van der Waals surface area contributed by atoms with Crippen molar-refractivity contribution < 1.29 is 8.42 Å². The van der Waals surface area contributed by atoms with Crippen molar-refractivity contribution in [3.8, 4) is 0 Å². The minimum Gasteiger partial charge on any atom is -0.327 e. The molecule has 1 fully saturated rings. The first-order valence-electron chi connectivity index (χ1n) is 5.27. The van der Waals surface area contributed by atoms with E-state index in [0.717, 1.165) is 13.1 Å². The first-order chi connectivity index (χ1) is 6.82. The van der Waals surface area contributed by atoms with Gasteiger partial charge in [-0.2, -0.15) is 4.31 Å². The summed E-state index contributed by atoms with van der Waals surface area (Å²) in [6.07, 6.45) is 1.26. The van der Waals surface area contributed by atoms with Crippen LogP contribution in [0.25, 0.3) is 0 Å². The maximum Gasteiger partial charge on any atom is 0.211 e. The molecule has 0 aromatic rings. The van der Waals surface area contributed by atoms with Gasteiger partial charge < -0.3 is 5.73 Å². The van der Waals surface area contributed by atoms with E-state index in [4.69, 9.17) is 5.73 Å². The molecule has 0 aromatic carbocycles. The highest BCUT2D eigenvalue weighted by molar-refractivity contribution is 7.88. The normalized spacial score (nSPS) is 25.1.